The van der Waals surface area contributed by atoms with Gasteiger partial charge in [-0.05, 0) is 55.7 Å². The summed E-state index contributed by atoms with van der Waals surface area (Å²) in [5.41, 5.74) is 4.43. The fourth-order valence-electron chi connectivity index (χ4n) is 4.28. The number of anilines is 1. The molecule has 2 N–H and O–H groups in total. The summed E-state index contributed by atoms with van der Waals surface area (Å²) in [5.74, 6) is 0.164. The molecule has 0 bridgehead atoms. The topological polar surface area (TPSA) is 98.4 Å². The van der Waals surface area contributed by atoms with Gasteiger partial charge < -0.3 is 15.4 Å². The summed E-state index contributed by atoms with van der Waals surface area (Å²) in [7, 11) is 0. The van der Waals surface area contributed by atoms with Crippen LogP contribution in [0.4, 0.5) is 10.1 Å². The molecule has 0 atom stereocenters. The quantitative estimate of drug-likeness (QED) is 0.294. The van der Waals surface area contributed by atoms with Crippen molar-refractivity contribution in [3.05, 3.63) is 90.1 Å². The molecule has 1 amide bonds. The molecule has 192 valence electrons. The minimum atomic E-state index is -0.397. The van der Waals surface area contributed by atoms with Gasteiger partial charge in [-0.2, -0.15) is 5.10 Å². The third-order valence-corrected chi connectivity index (χ3v) is 6.36. The highest BCUT2D eigenvalue weighted by Crippen LogP contribution is 2.30. The Hall–Kier alpha value is -4.73. The number of aromatic nitrogens is 5. The van der Waals surface area contributed by atoms with E-state index in [2.05, 4.69) is 25.8 Å². The van der Waals surface area contributed by atoms with Gasteiger partial charge in [0.2, 0.25) is 5.88 Å². The van der Waals surface area contributed by atoms with Crippen LogP contribution >= 0.6 is 0 Å². The first kappa shape index (κ1) is 23.7. The second-order valence-electron chi connectivity index (χ2n) is 9.31. The van der Waals surface area contributed by atoms with Gasteiger partial charge in [-0.1, -0.05) is 12.1 Å². The fraction of sp³-hybridized carbons (Fsp3) is 0.214. The Balaban J connectivity index is 1.35. The van der Waals surface area contributed by atoms with Crippen molar-refractivity contribution in [2.45, 2.75) is 32.4 Å². The number of fused-ring (bicyclic) bond motifs is 1. The molecule has 10 heteroatoms. The minimum Gasteiger partial charge on any atom is -0.437 e. The third-order valence-electron chi connectivity index (χ3n) is 6.36. The lowest BCUT2D eigenvalue weighted by Crippen LogP contribution is -2.26. The van der Waals surface area contributed by atoms with Crippen LogP contribution in [-0.4, -0.2) is 42.9 Å². The highest BCUT2D eigenvalue weighted by Gasteiger charge is 2.24. The molecule has 5 aromatic rings. The van der Waals surface area contributed by atoms with Crippen LogP contribution in [0.3, 0.4) is 0 Å². The molecule has 0 saturated heterocycles. The average molecular weight is 512 g/mol. The first-order valence-electron chi connectivity index (χ1n) is 12.5. The molecular weight excluding hydrogens is 485 g/mol. The number of carbonyl (C=O) groups excluding carboxylic acids is 1. The molecule has 1 saturated carbocycles. The molecule has 0 aliphatic heterocycles. The number of rotatable bonds is 9. The zero-order valence-corrected chi connectivity index (χ0v) is 20.8. The second kappa shape index (κ2) is 9.97. The number of aryl methyl sites for hydroxylation is 1. The van der Waals surface area contributed by atoms with Gasteiger partial charge in [0.25, 0.3) is 5.91 Å². The van der Waals surface area contributed by atoms with Gasteiger partial charge in [-0.3, -0.25) is 9.48 Å². The van der Waals surface area contributed by atoms with Crippen molar-refractivity contribution in [2.24, 2.45) is 0 Å². The van der Waals surface area contributed by atoms with E-state index >= 15 is 0 Å². The predicted octanol–water partition coefficient (Wildman–Crippen LogP) is 4.84. The van der Waals surface area contributed by atoms with Crippen molar-refractivity contribution in [1.82, 2.24) is 29.7 Å². The van der Waals surface area contributed by atoms with Crippen molar-refractivity contribution in [2.75, 3.05) is 11.9 Å². The predicted molar refractivity (Wildman–Crippen MR) is 141 cm³/mol. The van der Waals surface area contributed by atoms with E-state index in [1.807, 2.05) is 42.1 Å². The first-order chi connectivity index (χ1) is 18.5. The van der Waals surface area contributed by atoms with Gasteiger partial charge in [-0.15, -0.1) is 5.10 Å². The van der Waals surface area contributed by atoms with Gasteiger partial charge in [0.05, 0.1) is 24.1 Å². The number of nitrogens with one attached hydrogen (secondary N) is 2. The Morgan fingerprint density at radius 2 is 2.05 bits per heavy atom. The van der Waals surface area contributed by atoms with Crippen LogP contribution in [0.2, 0.25) is 0 Å². The van der Waals surface area contributed by atoms with E-state index < -0.39 is 5.82 Å². The molecule has 0 radical (unpaired) electrons. The Morgan fingerprint density at radius 3 is 2.82 bits per heavy atom. The molecule has 3 heterocycles. The highest BCUT2D eigenvalue weighted by molar-refractivity contribution is 5.96. The molecular formula is C28H26FN7O2. The number of halogens is 1. The molecule has 1 fully saturated rings. The summed E-state index contributed by atoms with van der Waals surface area (Å²) in [6, 6.07) is 15.5. The van der Waals surface area contributed by atoms with Crippen molar-refractivity contribution in [1.29, 1.82) is 0 Å². The van der Waals surface area contributed by atoms with E-state index in [9.17, 15) is 9.18 Å². The molecule has 1 aliphatic rings. The van der Waals surface area contributed by atoms with E-state index in [0.29, 0.717) is 41.8 Å². The van der Waals surface area contributed by atoms with Crippen LogP contribution in [0.25, 0.3) is 16.9 Å². The maximum atomic E-state index is 13.8. The Labute approximate surface area is 218 Å². The van der Waals surface area contributed by atoms with Crippen LogP contribution in [0.15, 0.2) is 73.2 Å². The second-order valence-corrected chi connectivity index (χ2v) is 9.31. The van der Waals surface area contributed by atoms with E-state index in [4.69, 9.17) is 4.74 Å². The van der Waals surface area contributed by atoms with Crippen molar-refractivity contribution < 1.29 is 13.9 Å². The van der Waals surface area contributed by atoms with E-state index in [-0.39, 0.29) is 11.8 Å². The molecule has 0 unspecified atom stereocenters. The summed E-state index contributed by atoms with van der Waals surface area (Å²) in [6.07, 6.45) is 7.45. The molecule has 6 rings (SSSR count). The van der Waals surface area contributed by atoms with E-state index in [0.717, 1.165) is 29.7 Å². The van der Waals surface area contributed by atoms with Crippen LogP contribution in [0.5, 0.6) is 11.6 Å². The van der Waals surface area contributed by atoms with Crippen LogP contribution in [-0.2, 0) is 6.54 Å². The number of hydrogen-bond donors (Lipinski definition) is 2. The first-order valence-corrected chi connectivity index (χ1v) is 12.5. The minimum absolute atomic E-state index is 0.0535. The van der Waals surface area contributed by atoms with E-state index in [1.165, 1.54) is 12.1 Å². The maximum absolute atomic E-state index is 13.8. The fourth-order valence-corrected chi connectivity index (χ4v) is 4.28. The number of amides is 1. The molecule has 2 aromatic carbocycles. The normalized spacial score (nSPS) is 13.0. The summed E-state index contributed by atoms with van der Waals surface area (Å²) in [5, 5.41) is 15.3. The molecule has 1 aliphatic carbocycles. The maximum Gasteiger partial charge on any atom is 0.251 e. The van der Waals surface area contributed by atoms with Gasteiger partial charge in [-0.25, -0.2) is 13.9 Å². The lowest BCUT2D eigenvalue weighted by atomic mass is 10.0. The molecule has 9 nitrogen and oxygen atoms in total. The zero-order valence-electron chi connectivity index (χ0n) is 20.8. The van der Waals surface area contributed by atoms with Crippen LogP contribution < -0.4 is 15.4 Å². The van der Waals surface area contributed by atoms with E-state index in [1.54, 1.807) is 35.1 Å². The number of carbonyl (C=O) groups is 1. The SMILES string of the molecule is Cc1cc(-c2cnc3c(NCCn4cccn4)cc(Oc4cccc(F)c4)nn23)ccc1C(=O)NC1CC1. The molecule has 3 aromatic heterocycles. The number of imidazole rings is 1. The van der Waals surface area contributed by atoms with Gasteiger partial charge in [0.1, 0.15) is 11.6 Å². The smallest absolute Gasteiger partial charge is 0.251 e. The van der Waals surface area contributed by atoms with Crippen molar-refractivity contribution in [3.8, 4) is 22.9 Å². The number of nitrogens with zero attached hydrogens (tertiary/aromatic N) is 5. The Kier molecular flexibility index (Phi) is 6.20. The Bertz CT molecular complexity index is 1610. The average Bonchev–Trinajstić information content (AvgIpc) is 3.36. The van der Waals surface area contributed by atoms with Crippen molar-refractivity contribution in [3.63, 3.8) is 0 Å². The zero-order chi connectivity index (χ0) is 26.1. The number of ether oxygens (including phenoxy) is 1. The summed E-state index contributed by atoms with van der Waals surface area (Å²) in [6.45, 7) is 3.16. The monoisotopic (exact) mass is 511 g/mol. The van der Waals surface area contributed by atoms with Gasteiger partial charge in [0, 0.05) is 48.2 Å². The number of benzene rings is 2. The van der Waals surface area contributed by atoms with Crippen LogP contribution in [0.1, 0.15) is 28.8 Å². The summed E-state index contributed by atoms with van der Waals surface area (Å²) < 4.78 is 23.2. The summed E-state index contributed by atoms with van der Waals surface area (Å²) >= 11 is 0. The summed E-state index contributed by atoms with van der Waals surface area (Å²) in [4.78, 5) is 17.2. The lowest BCUT2D eigenvalue weighted by molar-refractivity contribution is 0.0950. The van der Waals surface area contributed by atoms with Crippen LogP contribution in [0, 0.1) is 12.7 Å². The highest BCUT2D eigenvalue weighted by atomic mass is 19.1. The van der Waals surface area contributed by atoms with Gasteiger partial charge >= 0.3 is 0 Å². The number of hydrogen-bond acceptors (Lipinski definition) is 6. The third kappa shape index (κ3) is 5.06. The molecule has 0 spiro atoms. The lowest BCUT2D eigenvalue weighted by Gasteiger charge is -2.12. The largest absolute Gasteiger partial charge is 0.437 e. The van der Waals surface area contributed by atoms with Gasteiger partial charge in [0.15, 0.2) is 5.65 Å². The molecule has 38 heavy (non-hydrogen) atoms. The Morgan fingerprint density at radius 1 is 1.16 bits per heavy atom. The standard InChI is InChI=1S/C28H26FN7O2/c1-18-14-19(6-9-23(18)28(37)33-21-7-8-21)25-17-31-27-24(30-11-13-35-12-3-10-32-35)16-26(34-36(25)27)38-22-5-2-4-20(29)15-22/h2-6,9-10,12,14-17,21,30H,7-8,11,13H2,1H3,(H,33,37). The van der Waals surface area contributed by atoms with Crippen molar-refractivity contribution >= 4 is 17.2 Å².